The SMILES string of the molecule is Cc1nc(C(=O)N2C[C@@H](O)C[C@H]2C(=O)O)cs1. The summed E-state index contributed by atoms with van der Waals surface area (Å²) in [4.78, 5) is 28.2. The molecule has 1 amide bonds. The van der Waals surface area contributed by atoms with Crippen LogP contribution in [0.4, 0.5) is 0 Å². The molecule has 1 aromatic heterocycles. The number of hydrogen-bond donors (Lipinski definition) is 2. The number of carboxylic acids is 1. The highest BCUT2D eigenvalue weighted by atomic mass is 32.1. The van der Waals surface area contributed by atoms with Crippen molar-refractivity contribution in [3.8, 4) is 0 Å². The van der Waals surface area contributed by atoms with Gasteiger partial charge in [-0.05, 0) is 6.92 Å². The van der Waals surface area contributed by atoms with Gasteiger partial charge in [0.15, 0.2) is 0 Å². The van der Waals surface area contributed by atoms with Gasteiger partial charge in [0.05, 0.1) is 11.1 Å². The molecule has 1 aliphatic heterocycles. The lowest BCUT2D eigenvalue weighted by Crippen LogP contribution is -2.40. The quantitative estimate of drug-likeness (QED) is 0.783. The van der Waals surface area contributed by atoms with Crippen molar-refractivity contribution in [1.82, 2.24) is 9.88 Å². The van der Waals surface area contributed by atoms with Crippen LogP contribution >= 0.6 is 11.3 Å². The summed E-state index contributed by atoms with van der Waals surface area (Å²) in [5.41, 5.74) is 0.243. The molecule has 1 fully saturated rings. The number of hydrogen-bond acceptors (Lipinski definition) is 5. The Kier molecular flexibility index (Phi) is 3.12. The highest BCUT2D eigenvalue weighted by Crippen LogP contribution is 2.21. The van der Waals surface area contributed by atoms with Crippen LogP contribution in [0.2, 0.25) is 0 Å². The molecule has 0 aliphatic carbocycles. The smallest absolute Gasteiger partial charge is 0.326 e. The molecule has 92 valence electrons. The standard InChI is InChI=1S/C10H12N2O4S/c1-5-11-7(4-17-5)9(14)12-3-6(13)2-8(12)10(15)16/h4,6,8,13H,2-3H2,1H3,(H,15,16)/t6-,8-/m0/s1. The minimum Gasteiger partial charge on any atom is -0.480 e. The molecule has 2 N–H and O–H groups in total. The number of aliphatic carboxylic acids is 1. The van der Waals surface area contributed by atoms with Crippen LogP contribution in [0.5, 0.6) is 0 Å². The Morgan fingerprint density at radius 2 is 2.29 bits per heavy atom. The predicted molar refractivity (Wildman–Crippen MR) is 59.9 cm³/mol. The van der Waals surface area contributed by atoms with E-state index in [1.165, 1.54) is 16.2 Å². The average molecular weight is 256 g/mol. The van der Waals surface area contributed by atoms with Crippen molar-refractivity contribution >= 4 is 23.2 Å². The van der Waals surface area contributed by atoms with Crippen molar-refractivity contribution in [2.24, 2.45) is 0 Å². The van der Waals surface area contributed by atoms with Gasteiger partial charge in [-0.1, -0.05) is 0 Å². The molecule has 0 radical (unpaired) electrons. The molecule has 1 aliphatic rings. The number of carbonyl (C=O) groups excluding carboxylic acids is 1. The molecular formula is C10H12N2O4S. The molecule has 0 bridgehead atoms. The number of aliphatic hydroxyl groups is 1. The van der Waals surface area contributed by atoms with Crippen LogP contribution in [0.1, 0.15) is 21.9 Å². The summed E-state index contributed by atoms with van der Waals surface area (Å²) in [6.07, 6.45) is -0.704. The Labute approximate surface area is 102 Å². The fourth-order valence-electron chi connectivity index (χ4n) is 1.88. The Hall–Kier alpha value is -1.47. The van der Waals surface area contributed by atoms with Gasteiger partial charge in [-0.3, -0.25) is 4.79 Å². The van der Waals surface area contributed by atoms with Gasteiger partial charge in [-0.15, -0.1) is 11.3 Å². The molecule has 2 rings (SSSR count). The fraction of sp³-hybridized carbons (Fsp3) is 0.500. The van der Waals surface area contributed by atoms with Crippen molar-refractivity contribution in [2.75, 3.05) is 6.54 Å². The topological polar surface area (TPSA) is 90.7 Å². The van der Waals surface area contributed by atoms with E-state index in [2.05, 4.69) is 4.98 Å². The summed E-state index contributed by atoms with van der Waals surface area (Å²) < 4.78 is 0. The van der Waals surface area contributed by atoms with Gasteiger partial charge in [0.25, 0.3) is 5.91 Å². The van der Waals surface area contributed by atoms with E-state index >= 15 is 0 Å². The Balaban J connectivity index is 2.21. The average Bonchev–Trinajstić information content (AvgIpc) is 2.83. The van der Waals surface area contributed by atoms with Crippen LogP contribution in [-0.2, 0) is 4.79 Å². The van der Waals surface area contributed by atoms with Gasteiger partial charge in [0.2, 0.25) is 0 Å². The lowest BCUT2D eigenvalue weighted by atomic mass is 10.2. The van der Waals surface area contributed by atoms with E-state index < -0.39 is 24.0 Å². The van der Waals surface area contributed by atoms with E-state index in [-0.39, 0.29) is 18.7 Å². The Morgan fingerprint density at radius 3 is 2.82 bits per heavy atom. The third-order valence-corrected chi connectivity index (χ3v) is 3.44. The summed E-state index contributed by atoms with van der Waals surface area (Å²) >= 11 is 1.33. The molecule has 2 heterocycles. The van der Waals surface area contributed by atoms with Crippen LogP contribution in [0.25, 0.3) is 0 Å². The van der Waals surface area contributed by atoms with E-state index in [0.717, 1.165) is 5.01 Å². The first-order chi connectivity index (χ1) is 7.99. The second-order valence-electron chi connectivity index (χ2n) is 3.95. The first-order valence-corrected chi connectivity index (χ1v) is 6.01. The van der Waals surface area contributed by atoms with Crippen LogP contribution in [-0.4, -0.2) is 50.7 Å². The minimum absolute atomic E-state index is 0.0480. The predicted octanol–water partition coefficient (Wildman–Crippen LogP) is 0.112. The summed E-state index contributed by atoms with van der Waals surface area (Å²) in [5, 5.41) is 20.8. The van der Waals surface area contributed by atoms with Crippen LogP contribution < -0.4 is 0 Å². The highest BCUT2D eigenvalue weighted by molar-refractivity contribution is 7.09. The van der Waals surface area contributed by atoms with Gasteiger partial charge < -0.3 is 15.1 Å². The lowest BCUT2D eigenvalue weighted by Gasteiger charge is -2.19. The van der Waals surface area contributed by atoms with Gasteiger partial charge in [-0.2, -0.15) is 0 Å². The van der Waals surface area contributed by atoms with E-state index in [9.17, 15) is 14.7 Å². The number of thiazole rings is 1. The summed E-state index contributed by atoms with van der Waals surface area (Å²) in [6.45, 7) is 1.82. The molecule has 0 unspecified atom stereocenters. The van der Waals surface area contributed by atoms with Gasteiger partial charge in [0.1, 0.15) is 11.7 Å². The zero-order chi connectivity index (χ0) is 12.6. The molecule has 0 aromatic carbocycles. The first kappa shape index (κ1) is 12.0. The van der Waals surface area contributed by atoms with Gasteiger partial charge >= 0.3 is 5.97 Å². The molecule has 1 saturated heterocycles. The monoisotopic (exact) mass is 256 g/mol. The molecule has 6 nitrogen and oxygen atoms in total. The third kappa shape index (κ3) is 2.29. The Morgan fingerprint density at radius 1 is 1.59 bits per heavy atom. The number of β-amino-alcohol motifs (C(OH)–C–C–N with tert-alkyl or cyclic N) is 1. The fourth-order valence-corrected chi connectivity index (χ4v) is 2.47. The van der Waals surface area contributed by atoms with E-state index in [0.29, 0.717) is 0 Å². The molecule has 2 atom stereocenters. The highest BCUT2D eigenvalue weighted by Gasteiger charge is 2.39. The minimum atomic E-state index is -1.10. The number of carboxylic acid groups (broad SMARTS) is 1. The van der Waals surface area contributed by atoms with E-state index in [4.69, 9.17) is 5.11 Å². The number of nitrogens with zero attached hydrogens (tertiary/aromatic N) is 2. The number of rotatable bonds is 2. The van der Waals surface area contributed by atoms with Gasteiger partial charge in [0, 0.05) is 18.3 Å². The zero-order valence-corrected chi connectivity index (χ0v) is 9.98. The second-order valence-corrected chi connectivity index (χ2v) is 5.02. The van der Waals surface area contributed by atoms with Crippen LogP contribution in [0.15, 0.2) is 5.38 Å². The van der Waals surface area contributed by atoms with Crippen molar-refractivity contribution in [3.63, 3.8) is 0 Å². The number of carbonyl (C=O) groups is 2. The second kappa shape index (κ2) is 4.42. The van der Waals surface area contributed by atoms with Gasteiger partial charge in [-0.25, -0.2) is 9.78 Å². The largest absolute Gasteiger partial charge is 0.480 e. The van der Waals surface area contributed by atoms with Crippen molar-refractivity contribution in [2.45, 2.75) is 25.5 Å². The summed E-state index contributed by atoms with van der Waals surface area (Å²) in [7, 11) is 0. The van der Waals surface area contributed by atoms with Crippen LogP contribution in [0, 0.1) is 6.92 Å². The number of aliphatic hydroxyl groups excluding tert-OH is 1. The molecule has 17 heavy (non-hydrogen) atoms. The normalized spacial score (nSPS) is 24.0. The maximum atomic E-state index is 12.0. The van der Waals surface area contributed by atoms with E-state index in [1.54, 1.807) is 12.3 Å². The first-order valence-electron chi connectivity index (χ1n) is 5.13. The Bertz CT molecular complexity index is 459. The maximum Gasteiger partial charge on any atom is 0.326 e. The molecular weight excluding hydrogens is 244 g/mol. The third-order valence-electron chi connectivity index (χ3n) is 2.66. The number of amides is 1. The lowest BCUT2D eigenvalue weighted by molar-refractivity contribution is -0.141. The number of aryl methyl sites for hydroxylation is 1. The van der Waals surface area contributed by atoms with E-state index in [1.807, 2.05) is 0 Å². The summed E-state index contributed by atoms with van der Waals surface area (Å²) in [6, 6.07) is -0.959. The number of aromatic nitrogens is 1. The number of likely N-dealkylation sites (tertiary alicyclic amines) is 1. The maximum absolute atomic E-state index is 12.0. The van der Waals surface area contributed by atoms with Crippen molar-refractivity contribution in [1.29, 1.82) is 0 Å². The zero-order valence-electron chi connectivity index (χ0n) is 9.16. The molecule has 1 aromatic rings. The summed E-state index contributed by atoms with van der Waals surface area (Å²) in [5.74, 6) is -1.53. The van der Waals surface area contributed by atoms with Crippen molar-refractivity contribution in [3.05, 3.63) is 16.1 Å². The van der Waals surface area contributed by atoms with Crippen LogP contribution in [0.3, 0.4) is 0 Å². The molecule has 0 spiro atoms. The van der Waals surface area contributed by atoms with Crippen molar-refractivity contribution < 1.29 is 19.8 Å². The molecule has 7 heteroatoms. The molecule has 0 saturated carbocycles.